The summed E-state index contributed by atoms with van der Waals surface area (Å²) in [4.78, 5) is 9.64. The van der Waals surface area contributed by atoms with Gasteiger partial charge in [0.1, 0.15) is 5.69 Å². The number of aromatic nitrogens is 1. The predicted octanol–water partition coefficient (Wildman–Crippen LogP) is 5.12. The van der Waals surface area contributed by atoms with Crippen molar-refractivity contribution in [1.82, 2.24) is 4.98 Å². The van der Waals surface area contributed by atoms with Crippen LogP contribution in [0.15, 0.2) is 35.4 Å². The van der Waals surface area contributed by atoms with E-state index in [9.17, 15) is 0 Å². The second-order valence-corrected chi connectivity index (χ2v) is 7.02. The van der Waals surface area contributed by atoms with Crippen molar-refractivity contribution >= 4 is 39.1 Å². The van der Waals surface area contributed by atoms with Crippen LogP contribution in [0.2, 0.25) is 0 Å². The minimum absolute atomic E-state index is 0. The minimum atomic E-state index is 0. The molecule has 0 atom stereocenters. The molecule has 0 N–H and O–H groups in total. The van der Waals surface area contributed by atoms with Gasteiger partial charge >= 0.3 is 0 Å². The van der Waals surface area contributed by atoms with Crippen molar-refractivity contribution < 1.29 is 20.1 Å². The van der Waals surface area contributed by atoms with E-state index in [1.165, 1.54) is 15.8 Å². The van der Waals surface area contributed by atoms with Crippen molar-refractivity contribution in [2.45, 2.75) is 24.2 Å². The summed E-state index contributed by atoms with van der Waals surface area (Å²) in [5.74, 6) is 1.09. The Bertz CT molecular complexity index is 941. The molecule has 1 aliphatic heterocycles. The van der Waals surface area contributed by atoms with E-state index in [2.05, 4.69) is 30.8 Å². The van der Waals surface area contributed by atoms with Gasteiger partial charge in [0, 0.05) is 42.4 Å². The fraction of sp³-hybridized carbons (Fsp3) is 0.222. The fourth-order valence-electron chi connectivity index (χ4n) is 2.96. The molecule has 0 spiro atoms. The summed E-state index contributed by atoms with van der Waals surface area (Å²) in [7, 11) is 0. The van der Waals surface area contributed by atoms with Crippen LogP contribution in [0.5, 0.6) is 0 Å². The van der Waals surface area contributed by atoms with Crippen LogP contribution in [0, 0.1) is 12.6 Å². The Labute approximate surface area is 147 Å². The van der Waals surface area contributed by atoms with E-state index in [0.717, 1.165) is 22.0 Å². The quantitative estimate of drug-likeness (QED) is 0.328. The number of hydrogen-bond donors (Lipinski definition) is 0. The average molecular weight is 482 g/mol. The van der Waals surface area contributed by atoms with Gasteiger partial charge in [-0.25, -0.2) is 0 Å². The van der Waals surface area contributed by atoms with Crippen LogP contribution in [0.3, 0.4) is 0 Å². The first-order valence-corrected chi connectivity index (χ1v) is 7.87. The van der Waals surface area contributed by atoms with Crippen LogP contribution in [-0.4, -0.2) is 10.7 Å². The first-order chi connectivity index (χ1) is 10.1. The molecule has 2 nitrogen and oxygen atoms in total. The van der Waals surface area contributed by atoms with Gasteiger partial charge in [-0.3, -0.25) is 4.85 Å². The number of nitrogens with zero attached hydrogens (tertiary/aromatic N) is 2. The van der Waals surface area contributed by atoms with E-state index in [0.29, 0.717) is 5.69 Å². The monoisotopic (exact) mass is 482 g/mol. The minimum Gasteiger partial charge on any atom is -0.304 e. The first-order valence-electron chi connectivity index (χ1n) is 6.89. The second kappa shape index (κ2) is 5.35. The summed E-state index contributed by atoms with van der Waals surface area (Å²) >= 11 is 1.91. The van der Waals surface area contributed by atoms with Crippen molar-refractivity contribution in [3.63, 3.8) is 0 Å². The molecular weight excluding hydrogens is 468 g/mol. The molecule has 111 valence electrons. The zero-order chi connectivity index (χ0) is 14.6. The topological polar surface area (TPSA) is 17.2 Å². The summed E-state index contributed by atoms with van der Waals surface area (Å²) < 4.78 is 0. The molecule has 1 aliphatic rings. The molecule has 0 amide bonds. The van der Waals surface area contributed by atoms with Crippen molar-refractivity contribution in [3.8, 4) is 0 Å². The Morgan fingerprint density at radius 3 is 2.82 bits per heavy atom. The number of fused-ring (bicyclic) bond motifs is 5. The van der Waals surface area contributed by atoms with Gasteiger partial charge < -0.3 is 4.98 Å². The number of benzene rings is 2. The average Bonchev–Trinajstić information content (AvgIpc) is 2.82. The maximum Gasteiger partial charge on any atom is 0.115 e. The molecule has 0 aliphatic carbocycles. The molecular formula is C18H13IrN2S-. The van der Waals surface area contributed by atoms with E-state index in [4.69, 9.17) is 11.6 Å². The number of pyridine rings is 1. The van der Waals surface area contributed by atoms with Gasteiger partial charge in [-0.05, 0) is 16.5 Å². The van der Waals surface area contributed by atoms with Gasteiger partial charge in [-0.2, -0.15) is 6.07 Å². The summed E-state index contributed by atoms with van der Waals surface area (Å²) in [6.45, 7) is 11.8. The zero-order valence-corrected chi connectivity index (χ0v) is 15.4. The maximum atomic E-state index is 7.30. The molecule has 2 heterocycles. The predicted molar refractivity (Wildman–Crippen MR) is 88.1 cm³/mol. The number of hydrogen-bond acceptors (Lipinski definition) is 2. The van der Waals surface area contributed by atoms with Gasteiger partial charge in [0.05, 0.1) is 6.57 Å². The van der Waals surface area contributed by atoms with E-state index in [1.54, 1.807) is 0 Å². The third kappa shape index (κ3) is 2.08. The van der Waals surface area contributed by atoms with Crippen LogP contribution >= 0.6 is 11.8 Å². The van der Waals surface area contributed by atoms with E-state index in [1.807, 2.05) is 36.2 Å². The second-order valence-electron chi connectivity index (χ2n) is 6.03. The van der Waals surface area contributed by atoms with Gasteiger partial charge in [-0.1, -0.05) is 19.9 Å². The van der Waals surface area contributed by atoms with Crippen LogP contribution in [0.25, 0.3) is 26.5 Å². The Kier molecular flexibility index (Phi) is 3.77. The Morgan fingerprint density at radius 2 is 2.05 bits per heavy atom. The summed E-state index contributed by atoms with van der Waals surface area (Å²) in [6, 6.07) is 11.0. The maximum absolute atomic E-state index is 7.30. The van der Waals surface area contributed by atoms with E-state index < -0.39 is 0 Å². The van der Waals surface area contributed by atoms with Gasteiger partial charge in [0.2, 0.25) is 0 Å². The number of thioether (sulfide) groups is 1. The van der Waals surface area contributed by atoms with E-state index in [-0.39, 0.29) is 25.5 Å². The fourth-order valence-corrected chi connectivity index (χ4v) is 4.43. The summed E-state index contributed by atoms with van der Waals surface area (Å²) in [6.07, 6.45) is 2.01. The largest absolute Gasteiger partial charge is 0.304 e. The molecule has 4 rings (SSSR count). The molecule has 1 aromatic heterocycles. The molecule has 0 saturated heterocycles. The molecule has 2 aromatic carbocycles. The van der Waals surface area contributed by atoms with Crippen molar-refractivity contribution in [2.75, 3.05) is 5.75 Å². The van der Waals surface area contributed by atoms with Gasteiger partial charge in [0.25, 0.3) is 0 Å². The first kappa shape index (κ1) is 15.5. The van der Waals surface area contributed by atoms with Crippen LogP contribution in [-0.2, 0) is 25.5 Å². The molecule has 0 saturated carbocycles. The molecule has 0 bridgehead atoms. The van der Waals surface area contributed by atoms with Gasteiger partial charge in [-0.15, -0.1) is 40.7 Å². The smallest absolute Gasteiger partial charge is 0.115 e. The summed E-state index contributed by atoms with van der Waals surface area (Å²) in [5, 5.41) is 3.08. The van der Waals surface area contributed by atoms with E-state index >= 15 is 0 Å². The van der Waals surface area contributed by atoms with Gasteiger partial charge in [0.15, 0.2) is 0 Å². The third-order valence-electron chi connectivity index (χ3n) is 4.16. The number of rotatable bonds is 0. The molecule has 1 radical (unpaired) electrons. The Hall–Kier alpha value is -1.40. The van der Waals surface area contributed by atoms with Crippen LogP contribution in [0.4, 0.5) is 5.69 Å². The van der Waals surface area contributed by atoms with Crippen molar-refractivity contribution in [3.05, 3.63) is 53.5 Å². The standard InChI is InChI=1S/C18H13N2S.Ir/c1-18(2)10-21-17-13-8-7-11-12(5-4-6-15(11)19-3)16(13)20-9-14(17)18;/h4,6-9H,10H2,1-2H3;/q-1;. The van der Waals surface area contributed by atoms with Crippen LogP contribution < -0.4 is 0 Å². The molecule has 0 fully saturated rings. The van der Waals surface area contributed by atoms with Crippen molar-refractivity contribution in [1.29, 1.82) is 0 Å². The zero-order valence-electron chi connectivity index (χ0n) is 12.2. The Balaban J connectivity index is 0.00000144. The van der Waals surface area contributed by atoms with Crippen LogP contribution in [0.1, 0.15) is 19.4 Å². The molecule has 3 aromatic rings. The third-order valence-corrected chi connectivity index (χ3v) is 5.76. The molecule has 4 heteroatoms. The normalized spacial score (nSPS) is 15.3. The SMILES string of the molecule is [C-]#[N+]c1cc[c-]c2c1ccc1c3c(cnc12)C(C)(C)CS3.[Ir]. The Morgan fingerprint density at radius 1 is 1.27 bits per heavy atom. The summed E-state index contributed by atoms with van der Waals surface area (Å²) in [5.41, 5.74) is 3.14. The van der Waals surface area contributed by atoms with Crippen molar-refractivity contribution in [2.24, 2.45) is 0 Å². The molecule has 0 unspecified atom stereocenters. The molecule has 22 heavy (non-hydrogen) atoms.